The van der Waals surface area contributed by atoms with Gasteiger partial charge in [0.2, 0.25) is 0 Å². The predicted molar refractivity (Wildman–Crippen MR) is 37.1 cm³/mol. The summed E-state index contributed by atoms with van der Waals surface area (Å²) in [6.45, 7) is 4.43. The number of hydrogen-bond donors (Lipinski definition) is 0. The van der Waals surface area contributed by atoms with Crippen LogP contribution in [0.15, 0.2) is 0 Å². The van der Waals surface area contributed by atoms with Crippen LogP contribution >= 0.6 is 0 Å². The van der Waals surface area contributed by atoms with Crippen LogP contribution in [0.4, 0.5) is 0 Å². The van der Waals surface area contributed by atoms with E-state index >= 15 is 0 Å². The van der Waals surface area contributed by atoms with Gasteiger partial charge in [0, 0.05) is 13.2 Å². The summed E-state index contributed by atoms with van der Waals surface area (Å²) in [4.78, 5) is 0. The fourth-order valence-electron chi connectivity index (χ4n) is 0.805. The third-order valence-electron chi connectivity index (χ3n) is 1.32. The molecule has 3 heteroatoms. The largest absolute Gasteiger partial charge is 0.379 e. The summed E-state index contributed by atoms with van der Waals surface area (Å²) in [5, 5.41) is 0. The highest BCUT2D eigenvalue weighted by Crippen LogP contribution is 1.89. The van der Waals surface area contributed by atoms with Gasteiger partial charge in [-0.25, -0.2) is 0 Å². The van der Waals surface area contributed by atoms with E-state index < -0.39 is 0 Å². The Kier molecular flexibility index (Phi) is 4.51. The fraction of sp³-hybridized carbons (Fsp3) is 1.00. The van der Waals surface area contributed by atoms with Crippen LogP contribution in [-0.4, -0.2) is 39.6 Å². The van der Waals surface area contributed by atoms with Crippen LogP contribution in [-0.2, 0) is 14.2 Å². The Hall–Kier alpha value is -0.120. The molecule has 0 saturated carbocycles. The molecule has 0 aromatic rings. The molecule has 3 nitrogen and oxygen atoms in total. The molecule has 0 bridgehead atoms. The van der Waals surface area contributed by atoms with Crippen molar-refractivity contribution < 1.29 is 14.2 Å². The molecule has 0 atom stereocenters. The maximum Gasteiger partial charge on any atom is 0.0701 e. The second-order valence-corrected chi connectivity index (χ2v) is 2.19. The quantitative estimate of drug-likeness (QED) is 0.496. The second-order valence-electron chi connectivity index (χ2n) is 2.19. The Morgan fingerprint density at radius 2 is 0.900 bits per heavy atom. The molecular weight excluding hydrogens is 132 g/mol. The van der Waals surface area contributed by atoms with Crippen molar-refractivity contribution in [3.8, 4) is 0 Å². The van der Waals surface area contributed by atoms with Crippen molar-refractivity contribution in [3.05, 3.63) is 0 Å². The van der Waals surface area contributed by atoms with Gasteiger partial charge < -0.3 is 14.2 Å². The van der Waals surface area contributed by atoms with E-state index in [2.05, 4.69) is 0 Å². The van der Waals surface area contributed by atoms with E-state index in [9.17, 15) is 0 Å². The summed E-state index contributed by atoms with van der Waals surface area (Å²) in [5.41, 5.74) is 0. The van der Waals surface area contributed by atoms with E-state index in [-0.39, 0.29) is 0 Å². The van der Waals surface area contributed by atoms with Gasteiger partial charge in [0.1, 0.15) is 0 Å². The summed E-state index contributed by atoms with van der Waals surface area (Å²) in [6, 6.07) is 0. The maximum absolute atomic E-state index is 5.20. The van der Waals surface area contributed by atoms with Gasteiger partial charge in [-0.1, -0.05) is 0 Å². The molecule has 1 rings (SSSR count). The van der Waals surface area contributed by atoms with E-state index in [1.54, 1.807) is 0 Å². The average molecular weight is 146 g/mol. The predicted octanol–water partition coefficient (Wildman–Crippen LogP) is 0.440. The van der Waals surface area contributed by atoms with Gasteiger partial charge in [-0.15, -0.1) is 0 Å². The van der Waals surface area contributed by atoms with Crippen molar-refractivity contribution in [2.24, 2.45) is 0 Å². The Morgan fingerprint density at radius 3 is 1.40 bits per heavy atom. The van der Waals surface area contributed by atoms with Crippen LogP contribution in [0.2, 0.25) is 0 Å². The Bertz CT molecular complexity index is 42.0. The molecule has 0 spiro atoms. The molecule has 0 N–H and O–H groups in total. The van der Waals surface area contributed by atoms with Crippen LogP contribution in [0.1, 0.15) is 6.42 Å². The number of hydrogen-bond acceptors (Lipinski definition) is 3. The van der Waals surface area contributed by atoms with E-state index in [1.807, 2.05) is 0 Å². The molecule has 0 aromatic carbocycles. The van der Waals surface area contributed by atoms with Gasteiger partial charge in [0.15, 0.2) is 0 Å². The first-order valence-electron chi connectivity index (χ1n) is 3.73. The van der Waals surface area contributed by atoms with Crippen LogP contribution < -0.4 is 0 Å². The second kappa shape index (κ2) is 5.65. The maximum atomic E-state index is 5.20. The molecule has 1 aliphatic rings. The normalized spacial score (nSPS) is 24.0. The standard InChI is InChI=1S/C7H14O3/c1-2-8-4-6-10-7-5-9-3-1/h1-7H2. The minimum Gasteiger partial charge on any atom is -0.379 e. The van der Waals surface area contributed by atoms with Crippen molar-refractivity contribution in [2.75, 3.05) is 39.6 Å². The lowest BCUT2D eigenvalue weighted by Crippen LogP contribution is -2.13. The zero-order valence-corrected chi connectivity index (χ0v) is 6.17. The fourth-order valence-corrected chi connectivity index (χ4v) is 0.805. The number of ether oxygens (including phenoxy) is 3. The first kappa shape index (κ1) is 7.98. The van der Waals surface area contributed by atoms with Gasteiger partial charge in [-0.2, -0.15) is 0 Å². The molecule has 0 amide bonds. The third-order valence-corrected chi connectivity index (χ3v) is 1.32. The van der Waals surface area contributed by atoms with E-state index in [4.69, 9.17) is 14.2 Å². The lowest BCUT2D eigenvalue weighted by molar-refractivity contribution is -0.0104. The molecular formula is C7H14O3. The summed E-state index contributed by atoms with van der Waals surface area (Å²) in [5.74, 6) is 0. The molecule has 0 radical (unpaired) electrons. The van der Waals surface area contributed by atoms with Gasteiger partial charge in [-0.3, -0.25) is 0 Å². The van der Waals surface area contributed by atoms with E-state index in [0.717, 1.165) is 32.8 Å². The Morgan fingerprint density at radius 1 is 0.500 bits per heavy atom. The smallest absolute Gasteiger partial charge is 0.0701 e. The highest BCUT2D eigenvalue weighted by Gasteiger charge is 1.94. The van der Waals surface area contributed by atoms with Gasteiger partial charge >= 0.3 is 0 Å². The lowest BCUT2D eigenvalue weighted by atomic mass is 10.5. The SMILES string of the molecule is C1COCCOCCOC1. The summed E-state index contributed by atoms with van der Waals surface area (Å²) in [6.07, 6.45) is 1.00. The molecule has 1 heterocycles. The monoisotopic (exact) mass is 146 g/mol. The van der Waals surface area contributed by atoms with E-state index in [0.29, 0.717) is 13.2 Å². The van der Waals surface area contributed by atoms with Crippen molar-refractivity contribution in [3.63, 3.8) is 0 Å². The van der Waals surface area contributed by atoms with Crippen LogP contribution in [0, 0.1) is 0 Å². The minimum atomic E-state index is 0.698. The van der Waals surface area contributed by atoms with Gasteiger partial charge in [0.25, 0.3) is 0 Å². The van der Waals surface area contributed by atoms with Crippen molar-refractivity contribution in [2.45, 2.75) is 6.42 Å². The van der Waals surface area contributed by atoms with Gasteiger partial charge in [0.05, 0.1) is 26.4 Å². The first-order chi connectivity index (χ1) is 5.00. The van der Waals surface area contributed by atoms with Gasteiger partial charge in [-0.05, 0) is 6.42 Å². The van der Waals surface area contributed by atoms with Crippen molar-refractivity contribution in [1.29, 1.82) is 0 Å². The molecule has 1 saturated heterocycles. The Labute approximate surface area is 61.3 Å². The van der Waals surface area contributed by atoms with Crippen LogP contribution in [0.5, 0.6) is 0 Å². The third kappa shape index (κ3) is 3.82. The highest BCUT2D eigenvalue weighted by atomic mass is 16.5. The highest BCUT2D eigenvalue weighted by molar-refractivity contribution is 4.39. The molecule has 0 unspecified atom stereocenters. The Balaban J connectivity index is 2.00. The van der Waals surface area contributed by atoms with Crippen LogP contribution in [0.3, 0.4) is 0 Å². The molecule has 10 heavy (non-hydrogen) atoms. The molecule has 0 aromatic heterocycles. The summed E-state index contributed by atoms with van der Waals surface area (Å²) in [7, 11) is 0. The summed E-state index contributed by atoms with van der Waals surface area (Å²) >= 11 is 0. The molecule has 1 fully saturated rings. The molecule has 60 valence electrons. The van der Waals surface area contributed by atoms with Crippen molar-refractivity contribution >= 4 is 0 Å². The van der Waals surface area contributed by atoms with Crippen molar-refractivity contribution in [1.82, 2.24) is 0 Å². The number of rotatable bonds is 0. The van der Waals surface area contributed by atoms with E-state index in [1.165, 1.54) is 0 Å². The minimum absolute atomic E-state index is 0.698. The first-order valence-corrected chi connectivity index (χ1v) is 3.73. The summed E-state index contributed by atoms with van der Waals surface area (Å²) < 4.78 is 15.6. The average Bonchev–Trinajstić information content (AvgIpc) is 2.01. The zero-order valence-electron chi connectivity index (χ0n) is 6.17. The van der Waals surface area contributed by atoms with Crippen LogP contribution in [0.25, 0.3) is 0 Å². The zero-order chi connectivity index (χ0) is 7.07. The molecule has 0 aliphatic carbocycles. The lowest BCUT2D eigenvalue weighted by Gasteiger charge is -2.09. The topological polar surface area (TPSA) is 27.7 Å². The molecule has 1 aliphatic heterocycles.